The maximum absolute atomic E-state index is 11.7. The number of fused-ring (bicyclic) bond motifs is 3. The highest BCUT2D eigenvalue weighted by Crippen LogP contribution is 2.37. The van der Waals surface area contributed by atoms with E-state index in [-0.39, 0.29) is 24.7 Å². The molecule has 128 valence electrons. The summed E-state index contributed by atoms with van der Waals surface area (Å²) < 4.78 is 4.68. The van der Waals surface area contributed by atoms with Crippen LogP contribution in [0, 0.1) is 0 Å². The zero-order chi connectivity index (χ0) is 17.4. The Morgan fingerprint density at radius 2 is 1.83 bits per heavy atom. The first kappa shape index (κ1) is 15.9. The van der Waals surface area contributed by atoms with E-state index < -0.39 is 18.2 Å². The molecule has 1 aromatic rings. The highest BCUT2D eigenvalue weighted by atomic mass is 16.5. The number of nitrogens with zero attached hydrogens (tertiary/aromatic N) is 3. The van der Waals surface area contributed by atoms with Crippen molar-refractivity contribution in [3.63, 3.8) is 0 Å². The van der Waals surface area contributed by atoms with Crippen LogP contribution in [-0.4, -0.2) is 72.6 Å². The van der Waals surface area contributed by atoms with E-state index >= 15 is 0 Å². The molecule has 0 radical (unpaired) electrons. The number of anilines is 2. The number of hydrogen-bond donors (Lipinski definition) is 2. The Morgan fingerprint density at radius 1 is 1.08 bits per heavy atom. The van der Waals surface area contributed by atoms with Gasteiger partial charge in [0.2, 0.25) is 0 Å². The number of esters is 1. The predicted octanol–water partition coefficient (Wildman–Crippen LogP) is 1.14. The van der Waals surface area contributed by atoms with Gasteiger partial charge >= 0.3 is 18.2 Å². The molecule has 3 rings (SSSR count). The molecule has 2 N–H and O–H groups in total. The first-order valence-corrected chi connectivity index (χ1v) is 7.39. The minimum atomic E-state index is -1.15. The maximum Gasteiger partial charge on any atom is 0.411 e. The van der Waals surface area contributed by atoms with E-state index in [1.807, 2.05) is 4.90 Å². The van der Waals surface area contributed by atoms with Gasteiger partial charge in [-0.1, -0.05) is 0 Å². The van der Waals surface area contributed by atoms with E-state index in [0.29, 0.717) is 24.5 Å². The van der Waals surface area contributed by atoms with Crippen molar-refractivity contribution >= 4 is 29.5 Å². The molecule has 0 bridgehead atoms. The van der Waals surface area contributed by atoms with Crippen LogP contribution in [-0.2, 0) is 4.74 Å². The third-order valence-electron chi connectivity index (χ3n) is 4.37. The molecule has 1 fully saturated rings. The lowest BCUT2D eigenvalue weighted by atomic mass is 10.0. The lowest BCUT2D eigenvalue weighted by molar-refractivity contribution is 0.0600. The second-order valence-corrected chi connectivity index (χ2v) is 5.66. The number of rotatable bonds is 1. The monoisotopic (exact) mass is 335 g/mol. The molecule has 0 aromatic heterocycles. The normalized spacial score (nSPS) is 19.4. The average Bonchev–Trinajstić information content (AvgIpc) is 2.58. The summed E-state index contributed by atoms with van der Waals surface area (Å²) in [6.45, 7) is 1.18. The number of piperazine rings is 1. The first-order valence-electron chi connectivity index (χ1n) is 7.39. The van der Waals surface area contributed by atoms with Crippen LogP contribution < -0.4 is 9.80 Å². The lowest BCUT2D eigenvalue weighted by Crippen LogP contribution is -2.61. The third-order valence-corrected chi connectivity index (χ3v) is 4.37. The van der Waals surface area contributed by atoms with Gasteiger partial charge in [-0.3, -0.25) is 4.90 Å². The Bertz CT molecular complexity index is 706. The standard InChI is InChI=1S/C15H17N3O6/c1-24-13(19)9-2-3-11-12(6-9)18(15(22)23)8-10-7-16(14(20)21)4-5-17(10)11/h2-3,6,10H,4-5,7-8H2,1H3,(H,20,21)(H,22,23). The molecule has 2 amide bonds. The predicted molar refractivity (Wildman–Crippen MR) is 83.9 cm³/mol. The van der Waals surface area contributed by atoms with Gasteiger partial charge in [-0.2, -0.15) is 0 Å². The number of amides is 2. The largest absolute Gasteiger partial charge is 0.465 e. The maximum atomic E-state index is 11.7. The van der Waals surface area contributed by atoms with E-state index in [1.165, 1.54) is 18.1 Å². The Hall–Kier alpha value is -2.97. The summed E-state index contributed by atoms with van der Waals surface area (Å²) in [5.74, 6) is -0.541. The van der Waals surface area contributed by atoms with Gasteiger partial charge in [-0.05, 0) is 18.2 Å². The topological polar surface area (TPSA) is 111 Å². The van der Waals surface area contributed by atoms with E-state index in [9.17, 15) is 19.5 Å². The number of carboxylic acid groups (broad SMARTS) is 2. The molecule has 1 unspecified atom stereocenters. The highest BCUT2D eigenvalue weighted by Gasteiger charge is 2.38. The molecule has 9 heteroatoms. The molecule has 2 heterocycles. The van der Waals surface area contributed by atoms with Crippen LogP contribution in [0.3, 0.4) is 0 Å². The van der Waals surface area contributed by atoms with E-state index in [2.05, 4.69) is 4.74 Å². The minimum absolute atomic E-state index is 0.136. The van der Waals surface area contributed by atoms with Gasteiger partial charge in [-0.25, -0.2) is 14.4 Å². The van der Waals surface area contributed by atoms with Crippen LogP contribution in [0.2, 0.25) is 0 Å². The zero-order valence-electron chi connectivity index (χ0n) is 13.0. The van der Waals surface area contributed by atoms with Gasteiger partial charge in [-0.15, -0.1) is 0 Å². The van der Waals surface area contributed by atoms with E-state index in [0.717, 1.165) is 4.90 Å². The van der Waals surface area contributed by atoms with Crippen molar-refractivity contribution in [2.45, 2.75) is 6.04 Å². The number of carbonyl (C=O) groups excluding carboxylic acids is 1. The fourth-order valence-corrected chi connectivity index (χ4v) is 3.22. The Morgan fingerprint density at radius 3 is 2.46 bits per heavy atom. The van der Waals surface area contributed by atoms with Crippen LogP contribution in [0.5, 0.6) is 0 Å². The number of carbonyl (C=O) groups is 3. The molecule has 1 atom stereocenters. The molecule has 0 aliphatic carbocycles. The van der Waals surface area contributed by atoms with Crippen molar-refractivity contribution in [2.75, 3.05) is 43.1 Å². The number of benzene rings is 1. The minimum Gasteiger partial charge on any atom is -0.465 e. The summed E-state index contributed by atoms with van der Waals surface area (Å²) in [6.07, 6.45) is -2.16. The molecule has 1 saturated heterocycles. The average molecular weight is 335 g/mol. The van der Waals surface area contributed by atoms with Gasteiger partial charge in [0.05, 0.1) is 36.6 Å². The summed E-state index contributed by atoms with van der Waals surface area (Å²) in [4.78, 5) is 38.9. The Kier molecular flexibility index (Phi) is 3.92. The van der Waals surface area contributed by atoms with Crippen molar-refractivity contribution in [3.05, 3.63) is 23.8 Å². The van der Waals surface area contributed by atoms with Crippen LogP contribution in [0.25, 0.3) is 0 Å². The Balaban J connectivity index is 1.99. The molecule has 9 nitrogen and oxygen atoms in total. The van der Waals surface area contributed by atoms with Crippen molar-refractivity contribution < 1.29 is 29.3 Å². The molecule has 24 heavy (non-hydrogen) atoms. The molecule has 2 aliphatic heterocycles. The molecular weight excluding hydrogens is 318 g/mol. The second-order valence-electron chi connectivity index (χ2n) is 5.66. The SMILES string of the molecule is COC(=O)c1ccc2c(c1)N(C(=O)O)CC1CN(C(=O)O)CCN21. The highest BCUT2D eigenvalue weighted by molar-refractivity contribution is 5.98. The summed E-state index contributed by atoms with van der Waals surface area (Å²) in [5, 5.41) is 18.6. The van der Waals surface area contributed by atoms with Gasteiger partial charge in [0.25, 0.3) is 0 Å². The van der Waals surface area contributed by atoms with Crippen LogP contribution in [0.15, 0.2) is 18.2 Å². The second kappa shape index (κ2) is 5.91. The molecule has 2 aliphatic rings. The number of hydrogen-bond acceptors (Lipinski definition) is 5. The van der Waals surface area contributed by atoms with Crippen molar-refractivity contribution in [2.24, 2.45) is 0 Å². The van der Waals surface area contributed by atoms with Gasteiger partial charge in [0.15, 0.2) is 0 Å². The van der Waals surface area contributed by atoms with E-state index in [4.69, 9.17) is 5.11 Å². The van der Waals surface area contributed by atoms with Crippen molar-refractivity contribution in [1.82, 2.24) is 4.90 Å². The summed E-state index contributed by atoms with van der Waals surface area (Å²) in [6, 6.07) is 4.49. The summed E-state index contributed by atoms with van der Waals surface area (Å²) in [7, 11) is 1.26. The summed E-state index contributed by atoms with van der Waals surface area (Å²) >= 11 is 0. The fraction of sp³-hybridized carbons (Fsp3) is 0.400. The van der Waals surface area contributed by atoms with Crippen LogP contribution in [0.1, 0.15) is 10.4 Å². The fourth-order valence-electron chi connectivity index (χ4n) is 3.22. The Labute approximate surface area is 137 Å². The van der Waals surface area contributed by atoms with Gasteiger partial charge in [0.1, 0.15) is 0 Å². The van der Waals surface area contributed by atoms with Gasteiger partial charge in [0, 0.05) is 19.6 Å². The quantitative estimate of drug-likeness (QED) is 0.740. The van der Waals surface area contributed by atoms with Crippen molar-refractivity contribution in [1.29, 1.82) is 0 Å². The number of methoxy groups -OCH3 is 1. The molecule has 0 spiro atoms. The lowest BCUT2D eigenvalue weighted by Gasteiger charge is -2.47. The summed E-state index contributed by atoms with van der Waals surface area (Å²) in [5.41, 5.74) is 1.35. The van der Waals surface area contributed by atoms with Crippen molar-refractivity contribution in [3.8, 4) is 0 Å². The molecule has 1 aromatic carbocycles. The van der Waals surface area contributed by atoms with Gasteiger partial charge < -0.3 is 24.7 Å². The number of ether oxygens (including phenoxy) is 1. The third kappa shape index (κ3) is 2.57. The van der Waals surface area contributed by atoms with E-state index in [1.54, 1.807) is 12.1 Å². The molecular formula is C15H17N3O6. The van der Waals surface area contributed by atoms with Crippen LogP contribution >= 0.6 is 0 Å². The van der Waals surface area contributed by atoms with Crippen LogP contribution in [0.4, 0.5) is 21.0 Å². The smallest absolute Gasteiger partial charge is 0.411 e. The first-order chi connectivity index (χ1) is 11.4. The molecule has 0 saturated carbocycles. The zero-order valence-corrected chi connectivity index (χ0v) is 13.0.